The molecular formula is C22H18FNO2. The first kappa shape index (κ1) is 16.3. The van der Waals surface area contributed by atoms with Crippen molar-refractivity contribution in [2.24, 2.45) is 0 Å². The third-order valence-electron chi connectivity index (χ3n) is 4.54. The third kappa shape index (κ3) is 3.18. The van der Waals surface area contributed by atoms with Crippen molar-refractivity contribution in [3.05, 3.63) is 95.3 Å². The summed E-state index contributed by atoms with van der Waals surface area (Å²) in [5, 5.41) is 2.99. The van der Waals surface area contributed by atoms with Crippen LogP contribution in [-0.2, 0) is 11.2 Å². The third-order valence-corrected chi connectivity index (χ3v) is 4.54. The molecule has 1 aliphatic heterocycles. The summed E-state index contributed by atoms with van der Waals surface area (Å²) in [6.07, 6.45) is 0.579. The number of halogens is 1. The molecule has 0 saturated carbocycles. The van der Waals surface area contributed by atoms with Gasteiger partial charge in [-0.3, -0.25) is 4.79 Å². The van der Waals surface area contributed by atoms with E-state index >= 15 is 0 Å². The van der Waals surface area contributed by atoms with Gasteiger partial charge in [-0.2, -0.15) is 0 Å². The van der Waals surface area contributed by atoms with Crippen molar-refractivity contribution in [2.75, 3.05) is 6.54 Å². The monoisotopic (exact) mass is 347 g/mol. The van der Waals surface area contributed by atoms with Crippen molar-refractivity contribution in [3.63, 3.8) is 0 Å². The highest BCUT2D eigenvalue weighted by Crippen LogP contribution is 2.43. The Hall–Kier alpha value is -3.14. The van der Waals surface area contributed by atoms with Gasteiger partial charge in [-0.1, -0.05) is 48.5 Å². The van der Waals surface area contributed by atoms with Gasteiger partial charge in [0.2, 0.25) is 5.91 Å². The molecule has 0 radical (unpaired) electrons. The predicted octanol–water partition coefficient (Wildman–Crippen LogP) is 4.42. The van der Waals surface area contributed by atoms with Gasteiger partial charge < -0.3 is 10.1 Å². The summed E-state index contributed by atoms with van der Waals surface area (Å²) in [5.74, 6) is 0.655. The molecule has 0 aromatic heterocycles. The Balaban J connectivity index is 1.54. The zero-order valence-electron chi connectivity index (χ0n) is 14.1. The minimum Gasteiger partial charge on any atom is -0.457 e. The van der Waals surface area contributed by atoms with Crippen LogP contribution in [0.25, 0.3) is 0 Å². The molecular weight excluding hydrogens is 329 g/mol. The normalized spacial score (nSPS) is 12.7. The van der Waals surface area contributed by atoms with Crippen LogP contribution in [0.1, 0.15) is 22.6 Å². The van der Waals surface area contributed by atoms with Crippen molar-refractivity contribution in [2.45, 2.75) is 12.3 Å². The first-order valence-electron chi connectivity index (χ1n) is 8.60. The highest BCUT2D eigenvalue weighted by atomic mass is 19.1. The van der Waals surface area contributed by atoms with Gasteiger partial charge in [-0.05, 0) is 36.2 Å². The molecule has 1 aliphatic rings. The number of hydrogen-bond acceptors (Lipinski definition) is 2. The molecule has 3 aromatic carbocycles. The molecule has 4 rings (SSSR count). The number of amides is 1. The molecule has 3 aromatic rings. The molecule has 1 heterocycles. The van der Waals surface area contributed by atoms with Crippen molar-refractivity contribution in [1.29, 1.82) is 0 Å². The van der Waals surface area contributed by atoms with E-state index in [4.69, 9.17) is 4.74 Å². The van der Waals surface area contributed by atoms with Crippen LogP contribution in [0.2, 0.25) is 0 Å². The lowest BCUT2D eigenvalue weighted by Gasteiger charge is -2.27. The number of rotatable bonds is 4. The molecule has 0 aliphatic carbocycles. The van der Waals surface area contributed by atoms with Gasteiger partial charge in [-0.25, -0.2) is 4.39 Å². The number of carbonyl (C=O) groups excluding carboxylic acids is 1. The number of ether oxygens (including phenoxy) is 1. The number of fused-ring (bicyclic) bond motifs is 2. The summed E-state index contributed by atoms with van der Waals surface area (Å²) in [5.41, 5.74) is 2.57. The fourth-order valence-corrected chi connectivity index (χ4v) is 3.32. The number of nitrogens with one attached hydrogen (secondary N) is 1. The fraction of sp³-hybridized carbons (Fsp3) is 0.136. The Morgan fingerprint density at radius 3 is 2.23 bits per heavy atom. The van der Waals surface area contributed by atoms with Crippen molar-refractivity contribution in [1.82, 2.24) is 5.32 Å². The predicted molar refractivity (Wildman–Crippen MR) is 97.9 cm³/mol. The first-order chi connectivity index (χ1) is 12.7. The molecule has 0 fully saturated rings. The van der Waals surface area contributed by atoms with Gasteiger partial charge in [0.25, 0.3) is 0 Å². The minimum absolute atomic E-state index is 0.0791. The van der Waals surface area contributed by atoms with Crippen LogP contribution in [-0.4, -0.2) is 12.5 Å². The highest BCUT2D eigenvalue weighted by Gasteiger charge is 2.32. The molecule has 1 N–H and O–H groups in total. The average Bonchev–Trinajstić information content (AvgIpc) is 2.66. The van der Waals surface area contributed by atoms with E-state index in [-0.39, 0.29) is 11.7 Å². The van der Waals surface area contributed by atoms with E-state index in [2.05, 4.69) is 5.32 Å². The molecule has 0 saturated heterocycles. The van der Waals surface area contributed by atoms with Crippen LogP contribution >= 0.6 is 0 Å². The van der Waals surface area contributed by atoms with Crippen LogP contribution in [0.3, 0.4) is 0 Å². The second-order valence-electron chi connectivity index (χ2n) is 6.28. The van der Waals surface area contributed by atoms with Gasteiger partial charge in [0, 0.05) is 17.7 Å². The SMILES string of the molecule is O=C(NCCc1cccc(F)c1)C1c2ccccc2Oc2ccccc21. The maximum Gasteiger partial charge on any atom is 0.232 e. The molecule has 0 bridgehead atoms. The molecule has 3 nitrogen and oxygen atoms in total. The number of hydrogen-bond donors (Lipinski definition) is 1. The summed E-state index contributed by atoms with van der Waals surface area (Å²) < 4.78 is 19.2. The van der Waals surface area contributed by atoms with E-state index < -0.39 is 5.92 Å². The van der Waals surface area contributed by atoms with Crippen LogP contribution in [0, 0.1) is 5.82 Å². The molecule has 130 valence electrons. The summed E-state index contributed by atoms with van der Waals surface area (Å²) >= 11 is 0. The van der Waals surface area contributed by atoms with Gasteiger partial charge in [0.15, 0.2) is 0 Å². The van der Waals surface area contributed by atoms with Gasteiger partial charge in [0.1, 0.15) is 17.3 Å². The summed E-state index contributed by atoms with van der Waals surface area (Å²) in [6, 6.07) is 21.6. The quantitative estimate of drug-likeness (QED) is 0.759. The maximum absolute atomic E-state index is 13.3. The van der Waals surface area contributed by atoms with Crippen LogP contribution in [0.5, 0.6) is 11.5 Å². The zero-order valence-corrected chi connectivity index (χ0v) is 14.1. The van der Waals surface area contributed by atoms with Crippen LogP contribution in [0.15, 0.2) is 72.8 Å². The Kier molecular flexibility index (Phi) is 4.40. The highest BCUT2D eigenvalue weighted by molar-refractivity contribution is 5.89. The number of carbonyl (C=O) groups is 1. The zero-order chi connectivity index (χ0) is 17.9. The summed E-state index contributed by atoms with van der Waals surface area (Å²) in [6.45, 7) is 0.448. The summed E-state index contributed by atoms with van der Waals surface area (Å²) in [7, 11) is 0. The minimum atomic E-state index is -0.413. The van der Waals surface area contributed by atoms with Crippen molar-refractivity contribution < 1.29 is 13.9 Å². The van der Waals surface area contributed by atoms with Gasteiger partial charge in [0.05, 0.1) is 5.92 Å². The van der Waals surface area contributed by atoms with Gasteiger partial charge >= 0.3 is 0 Å². The van der Waals surface area contributed by atoms with E-state index in [0.29, 0.717) is 24.5 Å². The Morgan fingerprint density at radius 1 is 0.923 bits per heavy atom. The summed E-state index contributed by atoms with van der Waals surface area (Å²) in [4.78, 5) is 12.9. The topological polar surface area (TPSA) is 38.3 Å². The molecule has 26 heavy (non-hydrogen) atoms. The standard InChI is InChI=1S/C22H18FNO2/c23-16-7-5-6-15(14-16)12-13-24-22(25)21-17-8-1-3-10-19(17)26-20-11-4-2-9-18(20)21/h1-11,14,21H,12-13H2,(H,24,25). The molecule has 0 atom stereocenters. The van der Waals surface area contributed by atoms with Crippen molar-refractivity contribution >= 4 is 5.91 Å². The lowest BCUT2D eigenvalue weighted by molar-refractivity contribution is -0.121. The van der Waals surface area contributed by atoms with Crippen molar-refractivity contribution in [3.8, 4) is 11.5 Å². The maximum atomic E-state index is 13.3. The van der Waals surface area contributed by atoms with E-state index in [0.717, 1.165) is 16.7 Å². The van der Waals surface area contributed by atoms with E-state index in [9.17, 15) is 9.18 Å². The largest absolute Gasteiger partial charge is 0.457 e. The van der Waals surface area contributed by atoms with Gasteiger partial charge in [-0.15, -0.1) is 0 Å². The Morgan fingerprint density at radius 2 is 1.58 bits per heavy atom. The average molecular weight is 347 g/mol. The van der Waals surface area contributed by atoms with E-state index in [1.165, 1.54) is 12.1 Å². The molecule has 1 amide bonds. The number of benzene rings is 3. The van der Waals surface area contributed by atoms with E-state index in [1.807, 2.05) is 54.6 Å². The lowest BCUT2D eigenvalue weighted by atomic mass is 9.87. The lowest BCUT2D eigenvalue weighted by Crippen LogP contribution is -2.33. The van der Waals surface area contributed by atoms with Crippen LogP contribution in [0.4, 0.5) is 4.39 Å². The smallest absolute Gasteiger partial charge is 0.232 e. The second kappa shape index (κ2) is 7.00. The van der Waals surface area contributed by atoms with E-state index in [1.54, 1.807) is 6.07 Å². The number of para-hydroxylation sites is 2. The Labute approximate surface area is 151 Å². The Bertz CT molecular complexity index is 909. The molecule has 0 unspecified atom stereocenters. The first-order valence-corrected chi connectivity index (χ1v) is 8.60. The van der Waals surface area contributed by atoms with Crippen LogP contribution < -0.4 is 10.1 Å². The molecule has 0 spiro atoms. The fourth-order valence-electron chi connectivity index (χ4n) is 3.32. The molecule has 4 heteroatoms. The second-order valence-corrected chi connectivity index (χ2v) is 6.28.